The van der Waals surface area contributed by atoms with Crippen molar-refractivity contribution < 1.29 is 14.3 Å². The Balaban J connectivity index is 2.38. The van der Waals surface area contributed by atoms with Crippen LogP contribution in [0, 0.1) is 0 Å². The Labute approximate surface area is 122 Å². The Kier molecular flexibility index (Phi) is 4.18. The quantitative estimate of drug-likeness (QED) is 0.731. The third kappa shape index (κ3) is 3.17. The molecule has 0 unspecified atom stereocenters. The SMILES string of the molecule is COc1ccc(Nc2cc(N)ccc2C(N)=O)cc1OC. The summed E-state index contributed by atoms with van der Waals surface area (Å²) >= 11 is 0. The lowest BCUT2D eigenvalue weighted by Crippen LogP contribution is -2.13. The molecule has 2 aromatic rings. The van der Waals surface area contributed by atoms with Crippen molar-refractivity contribution in [1.29, 1.82) is 0 Å². The van der Waals surface area contributed by atoms with Crippen molar-refractivity contribution in [2.75, 3.05) is 25.3 Å². The second-order valence-corrected chi connectivity index (χ2v) is 4.36. The molecule has 0 aromatic heterocycles. The minimum Gasteiger partial charge on any atom is -0.493 e. The maximum atomic E-state index is 11.4. The largest absolute Gasteiger partial charge is 0.493 e. The van der Waals surface area contributed by atoms with Crippen molar-refractivity contribution >= 4 is 23.0 Å². The van der Waals surface area contributed by atoms with Crippen molar-refractivity contribution in [1.82, 2.24) is 0 Å². The number of ether oxygens (including phenoxy) is 2. The number of methoxy groups -OCH3 is 2. The summed E-state index contributed by atoms with van der Waals surface area (Å²) in [6.45, 7) is 0. The van der Waals surface area contributed by atoms with Crippen molar-refractivity contribution in [3.05, 3.63) is 42.0 Å². The zero-order chi connectivity index (χ0) is 15.4. The number of carbonyl (C=O) groups is 1. The van der Waals surface area contributed by atoms with Crippen LogP contribution in [0.5, 0.6) is 11.5 Å². The molecule has 2 rings (SSSR count). The van der Waals surface area contributed by atoms with E-state index in [0.29, 0.717) is 28.4 Å². The van der Waals surface area contributed by atoms with E-state index in [1.807, 2.05) is 0 Å². The highest BCUT2D eigenvalue weighted by Crippen LogP contribution is 2.32. The molecule has 0 spiro atoms. The number of nitrogens with two attached hydrogens (primary N) is 2. The minimum absolute atomic E-state index is 0.360. The molecule has 0 saturated heterocycles. The molecule has 2 aromatic carbocycles. The highest BCUT2D eigenvalue weighted by Gasteiger charge is 2.10. The van der Waals surface area contributed by atoms with Crippen LogP contribution in [0.4, 0.5) is 17.1 Å². The highest BCUT2D eigenvalue weighted by molar-refractivity contribution is 5.99. The van der Waals surface area contributed by atoms with Gasteiger partial charge in [-0.25, -0.2) is 0 Å². The van der Waals surface area contributed by atoms with Crippen LogP contribution in [-0.2, 0) is 0 Å². The highest BCUT2D eigenvalue weighted by atomic mass is 16.5. The molecular formula is C15H17N3O3. The fourth-order valence-electron chi connectivity index (χ4n) is 1.95. The smallest absolute Gasteiger partial charge is 0.250 e. The number of nitrogen functional groups attached to an aromatic ring is 1. The van der Waals surface area contributed by atoms with Gasteiger partial charge in [-0.05, 0) is 30.3 Å². The third-order valence-electron chi connectivity index (χ3n) is 2.97. The molecule has 0 radical (unpaired) electrons. The average Bonchev–Trinajstić information content (AvgIpc) is 2.46. The molecule has 0 aliphatic heterocycles. The van der Waals surface area contributed by atoms with Crippen LogP contribution in [0.15, 0.2) is 36.4 Å². The first-order chi connectivity index (χ1) is 10.0. The molecule has 0 aliphatic rings. The molecule has 0 fully saturated rings. The number of amides is 1. The van der Waals surface area contributed by atoms with Gasteiger partial charge in [0, 0.05) is 17.4 Å². The van der Waals surface area contributed by atoms with Crippen LogP contribution in [0.2, 0.25) is 0 Å². The molecule has 0 saturated carbocycles. The van der Waals surface area contributed by atoms with Gasteiger partial charge in [0.05, 0.1) is 25.5 Å². The van der Waals surface area contributed by atoms with Crippen LogP contribution < -0.4 is 26.3 Å². The van der Waals surface area contributed by atoms with Gasteiger partial charge in [-0.3, -0.25) is 4.79 Å². The van der Waals surface area contributed by atoms with Crippen LogP contribution >= 0.6 is 0 Å². The van der Waals surface area contributed by atoms with E-state index in [9.17, 15) is 4.79 Å². The van der Waals surface area contributed by atoms with Gasteiger partial charge in [0.2, 0.25) is 0 Å². The number of hydrogen-bond acceptors (Lipinski definition) is 5. The topological polar surface area (TPSA) is 99.6 Å². The molecule has 21 heavy (non-hydrogen) atoms. The summed E-state index contributed by atoms with van der Waals surface area (Å²) in [7, 11) is 3.12. The standard InChI is InChI=1S/C15H17N3O3/c1-20-13-6-4-10(8-14(13)21-2)18-12-7-9(16)3-5-11(12)15(17)19/h3-8,18H,16H2,1-2H3,(H2,17,19). The summed E-state index contributed by atoms with van der Waals surface area (Å²) in [5, 5.41) is 3.10. The monoisotopic (exact) mass is 287 g/mol. The van der Waals surface area contributed by atoms with Crippen molar-refractivity contribution in [2.24, 2.45) is 5.73 Å². The number of benzene rings is 2. The molecule has 0 heterocycles. The number of anilines is 3. The van der Waals surface area contributed by atoms with E-state index in [1.54, 1.807) is 50.6 Å². The lowest BCUT2D eigenvalue weighted by molar-refractivity contribution is 0.100. The van der Waals surface area contributed by atoms with Gasteiger partial charge in [0.25, 0.3) is 5.91 Å². The van der Waals surface area contributed by atoms with Crippen LogP contribution in [0.25, 0.3) is 0 Å². The molecule has 6 nitrogen and oxygen atoms in total. The lowest BCUT2D eigenvalue weighted by Gasteiger charge is -2.13. The summed E-state index contributed by atoms with van der Waals surface area (Å²) in [6.07, 6.45) is 0. The Morgan fingerprint density at radius 1 is 1.05 bits per heavy atom. The first-order valence-corrected chi connectivity index (χ1v) is 6.23. The molecule has 1 amide bonds. The fraction of sp³-hybridized carbons (Fsp3) is 0.133. The van der Waals surface area contributed by atoms with Crippen molar-refractivity contribution in [3.63, 3.8) is 0 Å². The molecule has 6 heteroatoms. The zero-order valence-corrected chi connectivity index (χ0v) is 11.8. The lowest BCUT2D eigenvalue weighted by atomic mass is 10.1. The third-order valence-corrected chi connectivity index (χ3v) is 2.97. The molecule has 0 aliphatic carbocycles. The van der Waals surface area contributed by atoms with Gasteiger partial charge in [-0.2, -0.15) is 0 Å². The zero-order valence-electron chi connectivity index (χ0n) is 11.8. The minimum atomic E-state index is -0.530. The first-order valence-electron chi connectivity index (χ1n) is 6.23. The summed E-state index contributed by atoms with van der Waals surface area (Å²) in [4.78, 5) is 11.4. The van der Waals surface area contributed by atoms with Crippen molar-refractivity contribution in [2.45, 2.75) is 0 Å². The van der Waals surface area contributed by atoms with E-state index in [2.05, 4.69) is 5.32 Å². The predicted octanol–water partition coefficient (Wildman–Crippen LogP) is 2.13. The Morgan fingerprint density at radius 2 is 1.76 bits per heavy atom. The maximum absolute atomic E-state index is 11.4. The van der Waals surface area contributed by atoms with Gasteiger partial charge in [-0.1, -0.05) is 0 Å². The van der Waals surface area contributed by atoms with Crippen LogP contribution in [0.1, 0.15) is 10.4 Å². The van der Waals surface area contributed by atoms with E-state index in [-0.39, 0.29) is 0 Å². The number of primary amides is 1. The van der Waals surface area contributed by atoms with E-state index in [1.165, 1.54) is 0 Å². The fourth-order valence-corrected chi connectivity index (χ4v) is 1.95. The Bertz CT molecular complexity index is 671. The molecule has 0 atom stereocenters. The van der Waals surface area contributed by atoms with E-state index in [0.717, 1.165) is 5.69 Å². The summed E-state index contributed by atoms with van der Waals surface area (Å²) in [6, 6.07) is 10.2. The predicted molar refractivity (Wildman–Crippen MR) is 82.2 cm³/mol. The Morgan fingerprint density at radius 3 is 2.38 bits per heavy atom. The van der Waals surface area contributed by atoms with Gasteiger partial charge >= 0.3 is 0 Å². The number of carbonyl (C=O) groups excluding carboxylic acids is 1. The average molecular weight is 287 g/mol. The molecule has 0 bridgehead atoms. The van der Waals surface area contributed by atoms with E-state index in [4.69, 9.17) is 20.9 Å². The van der Waals surface area contributed by atoms with Gasteiger partial charge in [0.1, 0.15) is 0 Å². The second-order valence-electron chi connectivity index (χ2n) is 4.36. The first kappa shape index (κ1) is 14.5. The summed E-state index contributed by atoms with van der Waals surface area (Å²) in [5.74, 6) is 0.663. The van der Waals surface area contributed by atoms with Crippen LogP contribution in [0.3, 0.4) is 0 Å². The summed E-state index contributed by atoms with van der Waals surface area (Å²) in [5.41, 5.74) is 13.3. The van der Waals surface area contributed by atoms with Crippen LogP contribution in [-0.4, -0.2) is 20.1 Å². The molecule has 110 valence electrons. The van der Waals surface area contributed by atoms with Gasteiger partial charge in [0.15, 0.2) is 11.5 Å². The number of hydrogen-bond donors (Lipinski definition) is 3. The normalized spacial score (nSPS) is 10.0. The van der Waals surface area contributed by atoms with Gasteiger partial charge < -0.3 is 26.3 Å². The number of nitrogens with one attached hydrogen (secondary N) is 1. The maximum Gasteiger partial charge on any atom is 0.250 e. The summed E-state index contributed by atoms with van der Waals surface area (Å²) < 4.78 is 10.4. The second kappa shape index (κ2) is 6.04. The number of rotatable bonds is 5. The van der Waals surface area contributed by atoms with Crippen molar-refractivity contribution in [3.8, 4) is 11.5 Å². The van der Waals surface area contributed by atoms with Gasteiger partial charge in [-0.15, -0.1) is 0 Å². The Hall–Kier alpha value is -2.89. The van der Waals surface area contributed by atoms with E-state index >= 15 is 0 Å². The molecular weight excluding hydrogens is 270 g/mol. The van der Waals surface area contributed by atoms with E-state index < -0.39 is 5.91 Å². The molecule has 5 N–H and O–H groups in total.